The third kappa shape index (κ3) is 3.28. The number of ether oxygens (including phenoxy) is 2. The Hall–Kier alpha value is -0.900. The first-order valence-corrected chi connectivity index (χ1v) is 6.19. The van der Waals surface area contributed by atoms with Gasteiger partial charge in [0.2, 0.25) is 0 Å². The van der Waals surface area contributed by atoms with Crippen molar-refractivity contribution in [3.05, 3.63) is 34.9 Å². The van der Waals surface area contributed by atoms with Crippen LogP contribution in [0.25, 0.3) is 0 Å². The SMILES string of the molecule is Cc1ccc(C(N)COC2CCOC2)cc1C. The maximum absolute atomic E-state index is 6.13. The van der Waals surface area contributed by atoms with E-state index in [2.05, 4.69) is 32.0 Å². The predicted octanol–water partition coefficient (Wildman–Crippen LogP) is 2.11. The van der Waals surface area contributed by atoms with Gasteiger partial charge in [-0.05, 0) is 37.0 Å². The fraction of sp³-hybridized carbons (Fsp3) is 0.571. The van der Waals surface area contributed by atoms with Crippen LogP contribution in [0.2, 0.25) is 0 Å². The molecule has 1 aromatic carbocycles. The third-order valence-electron chi connectivity index (χ3n) is 3.36. The second-order valence-corrected chi connectivity index (χ2v) is 4.77. The van der Waals surface area contributed by atoms with Gasteiger partial charge in [0, 0.05) is 6.61 Å². The summed E-state index contributed by atoms with van der Waals surface area (Å²) in [5, 5.41) is 0. The molecule has 0 saturated carbocycles. The lowest BCUT2D eigenvalue weighted by molar-refractivity contribution is 0.0349. The Bertz CT molecular complexity index is 372. The molecule has 0 radical (unpaired) electrons. The van der Waals surface area contributed by atoms with Crippen LogP contribution in [0.15, 0.2) is 18.2 Å². The highest BCUT2D eigenvalue weighted by Gasteiger charge is 2.17. The minimum absolute atomic E-state index is 0.0464. The molecule has 3 nitrogen and oxygen atoms in total. The molecule has 1 aromatic rings. The highest BCUT2D eigenvalue weighted by Crippen LogP contribution is 2.17. The summed E-state index contributed by atoms with van der Waals surface area (Å²) in [7, 11) is 0. The Morgan fingerprint density at radius 2 is 2.24 bits per heavy atom. The molecule has 3 heteroatoms. The molecule has 0 aromatic heterocycles. The fourth-order valence-electron chi connectivity index (χ4n) is 1.98. The molecule has 94 valence electrons. The standard InChI is InChI=1S/C14H21NO2/c1-10-3-4-12(7-11(10)2)14(15)9-17-13-5-6-16-8-13/h3-4,7,13-14H,5-6,8-9,15H2,1-2H3. The number of nitrogens with two attached hydrogens (primary N) is 1. The normalized spacial score (nSPS) is 21.7. The molecule has 17 heavy (non-hydrogen) atoms. The van der Waals surface area contributed by atoms with Gasteiger partial charge in [0.1, 0.15) is 0 Å². The lowest BCUT2D eigenvalue weighted by Gasteiger charge is -2.16. The van der Waals surface area contributed by atoms with E-state index in [1.165, 1.54) is 11.1 Å². The zero-order chi connectivity index (χ0) is 12.3. The van der Waals surface area contributed by atoms with Crippen LogP contribution in [0, 0.1) is 13.8 Å². The molecule has 1 aliphatic heterocycles. The first-order chi connectivity index (χ1) is 8.16. The number of hydrogen-bond donors (Lipinski definition) is 1. The van der Waals surface area contributed by atoms with Gasteiger partial charge in [-0.1, -0.05) is 18.2 Å². The van der Waals surface area contributed by atoms with Gasteiger partial charge in [-0.3, -0.25) is 0 Å². The van der Waals surface area contributed by atoms with Crippen molar-refractivity contribution in [3.63, 3.8) is 0 Å². The minimum atomic E-state index is -0.0464. The second-order valence-electron chi connectivity index (χ2n) is 4.77. The van der Waals surface area contributed by atoms with E-state index in [1.54, 1.807) is 0 Å². The molecule has 0 spiro atoms. The van der Waals surface area contributed by atoms with Gasteiger partial charge in [0.05, 0.1) is 25.4 Å². The van der Waals surface area contributed by atoms with E-state index < -0.39 is 0 Å². The van der Waals surface area contributed by atoms with E-state index in [9.17, 15) is 0 Å². The molecule has 2 unspecified atom stereocenters. The molecule has 2 rings (SSSR count). The molecule has 2 atom stereocenters. The maximum atomic E-state index is 6.13. The number of rotatable bonds is 4. The monoisotopic (exact) mass is 235 g/mol. The van der Waals surface area contributed by atoms with Crippen molar-refractivity contribution in [2.24, 2.45) is 5.73 Å². The van der Waals surface area contributed by atoms with Gasteiger partial charge in [0.25, 0.3) is 0 Å². The van der Waals surface area contributed by atoms with Crippen molar-refractivity contribution in [2.75, 3.05) is 19.8 Å². The summed E-state index contributed by atoms with van der Waals surface area (Å²) in [5.74, 6) is 0. The quantitative estimate of drug-likeness (QED) is 0.869. The van der Waals surface area contributed by atoms with Crippen LogP contribution in [0.4, 0.5) is 0 Å². The van der Waals surface area contributed by atoms with E-state index in [1.807, 2.05) is 0 Å². The van der Waals surface area contributed by atoms with Gasteiger partial charge in [-0.25, -0.2) is 0 Å². The van der Waals surface area contributed by atoms with Crippen molar-refractivity contribution in [1.82, 2.24) is 0 Å². The van der Waals surface area contributed by atoms with Crippen LogP contribution in [0.5, 0.6) is 0 Å². The maximum Gasteiger partial charge on any atom is 0.0831 e. The number of aryl methyl sites for hydroxylation is 2. The van der Waals surface area contributed by atoms with Gasteiger partial charge < -0.3 is 15.2 Å². The second kappa shape index (κ2) is 5.63. The number of benzene rings is 1. The third-order valence-corrected chi connectivity index (χ3v) is 3.36. The van der Waals surface area contributed by atoms with Crippen LogP contribution in [0.3, 0.4) is 0 Å². The largest absolute Gasteiger partial charge is 0.379 e. The first kappa shape index (κ1) is 12.6. The average molecular weight is 235 g/mol. The van der Waals surface area contributed by atoms with Crippen molar-refractivity contribution in [1.29, 1.82) is 0 Å². The van der Waals surface area contributed by atoms with Crippen molar-refractivity contribution < 1.29 is 9.47 Å². The summed E-state index contributed by atoms with van der Waals surface area (Å²) in [6.45, 7) is 6.30. The van der Waals surface area contributed by atoms with Gasteiger partial charge in [-0.15, -0.1) is 0 Å². The summed E-state index contributed by atoms with van der Waals surface area (Å²) in [6.07, 6.45) is 1.22. The average Bonchev–Trinajstić information content (AvgIpc) is 2.82. The van der Waals surface area contributed by atoms with E-state index in [0.717, 1.165) is 18.6 Å². The molecular weight excluding hydrogens is 214 g/mol. The van der Waals surface area contributed by atoms with Crippen LogP contribution in [0.1, 0.15) is 29.2 Å². The Morgan fingerprint density at radius 1 is 1.41 bits per heavy atom. The molecule has 0 bridgehead atoms. The Balaban J connectivity index is 1.89. The van der Waals surface area contributed by atoms with Crippen LogP contribution < -0.4 is 5.73 Å². The zero-order valence-corrected chi connectivity index (χ0v) is 10.6. The van der Waals surface area contributed by atoms with Crippen molar-refractivity contribution >= 4 is 0 Å². The van der Waals surface area contributed by atoms with Gasteiger partial charge >= 0.3 is 0 Å². The predicted molar refractivity (Wildman–Crippen MR) is 68.0 cm³/mol. The lowest BCUT2D eigenvalue weighted by atomic mass is 10.0. The molecule has 0 amide bonds. The van der Waals surface area contributed by atoms with E-state index in [0.29, 0.717) is 13.2 Å². The topological polar surface area (TPSA) is 44.5 Å². The Morgan fingerprint density at radius 3 is 2.88 bits per heavy atom. The molecule has 1 fully saturated rings. The molecule has 0 aliphatic carbocycles. The molecule has 1 heterocycles. The summed E-state index contributed by atoms with van der Waals surface area (Å²) >= 11 is 0. The van der Waals surface area contributed by atoms with E-state index >= 15 is 0 Å². The van der Waals surface area contributed by atoms with Crippen LogP contribution >= 0.6 is 0 Å². The minimum Gasteiger partial charge on any atom is -0.379 e. The van der Waals surface area contributed by atoms with Crippen LogP contribution in [-0.2, 0) is 9.47 Å². The summed E-state index contributed by atoms with van der Waals surface area (Å²) in [5.41, 5.74) is 9.85. The Labute approximate surface area is 103 Å². The van der Waals surface area contributed by atoms with Crippen molar-refractivity contribution in [2.45, 2.75) is 32.4 Å². The van der Waals surface area contributed by atoms with Gasteiger partial charge in [-0.2, -0.15) is 0 Å². The smallest absolute Gasteiger partial charge is 0.0831 e. The Kier molecular flexibility index (Phi) is 4.15. The molecule has 2 N–H and O–H groups in total. The summed E-state index contributed by atoms with van der Waals surface area (Å²) in [6, 6.07) is 6.30. The van der Waals surface area contributed by atoms with E-state index in [-0.39, 0.29) is 12.1 Å². The highest BCUT2D eigenvalue weighted by atomic mass is 16.5. The zero-order valence-electron chi connectivity index (χ0n) is 10.6. The number of hydrogen-bond acceptors (Lipinski definition) is 3. The van der Waals surface area contributed by atoms with Gasteiger partial charge in [0.15, 0.2) is 0 Å². The van der Waals surface area contributed by atoms with Crippen LogP contribution in [-0.4, -0.2) is 25.9 Å². The fourth-order valence-corrected chi connectivity index (χ4v) is 1.98. The molecule has 1 saturated heterocycles. The molecular formula is C14H21NO2. The lowest BCUT2D eigenvalue weighted by Crippen LogP contribution is -2.22. The highest BCUT2D eigenvalue weighted by molar-refractivity contribution is 5.31. The summed E-state index contributed by atoms with van der Waals surface area (Å²) in [4.78, 5) is 0. The van der Waals surface area contributed by atoms with Crippen molar-refractivity contribution in [3.8, 4) is 0 Å². The first-order valence-electron chi connectivity index (χ1n) is 6.19. The summed E-state index contributed by atoms with van der Waals surface area (Å²) < 4.78 is 11.0. The van der Waals surface area contributed by atoms with E-state index in [4.69, 9.17) is 15.2 Å². The molecule has 1 aliphatic rings.